The van der Waals surface area contributed by atoms with Gasteiger partial charge < -0.3 is 15.1 Å². The number of nitrogens with one attached hydrogen (secondary N) is 1. The highest BCUT2D eigenvalue weighted by Crippen LogP contribution is 2.55. The molecule has 0 bridgehead atoms. The molecule has 8 nitrogen and oxygen atoms in total. The van der Waals surface area contributed by atoms with E-state index in [1.807, 2.05) is 29.3 Å². The van der Waals surface area contributed by atoms with Gasteiger partial charge in [0.2, 0.25) is 11.8 Å². The molecule has 2 saturated heterocycles. The SMILES string of the molecule is Cc1nn(C)c(Cl)c1C1C(C(=O)c2cccs2)C(c2ccc(C(C)(C)C)cc2)C(C(=O)N2CCNCC2)N1C(=O)C1CC1. The van der Waals surface area contributed by atoms with Gasteiger partial charge in [-0.1, -0.05) is 62.7 Å². The predicted molar refractivity (Wildman–Crippen MR) is 169 cm³/mol. The largest absolute Gasteiger partial charge is 0.338 e. The van der Waals surface area contributed by atoms with Gasteiger partial charge in [0.25, 0.3) is 0 Å². The number of hydrogen-bond acceptors (Lipinski definition) is 6. The van der Waals surface area contributed by atoms with Gasteiger partial charge in [-0.2, -0.15) is 5.10 Å². The Balaban J connectivity index is 1.60. The molecular weight excluding hydrogens is 582 g/mol. The summed E-state index contributed by atoms with van der Waals surface area (Å²) in [5, 5.41) is 10.2. The number of thiophene rings is 1. The average molecular weight is 622 g/mol. The molecule has 3 fully saturated rings. The Morgan fingerprint density at radius 1 is 1.02 bits per heavy atom. The molecule has 3 aromatic rings. The van der Waals surface area contributed by atoms with Crippen LogP contribution in [-0.2, 0) is 22.1 Å². The summed E-state index contributed by atoms with van der Waals surface area (Å²) in [6.45, 7) is 10.8. The van der Waals surface area contributed by atoms with Gasteiger partial charge in [-0.25, -0.2) is 0 Å². The van der Waals surface area contributed by atoms with Gasteiger partial charge in [-0.3, -0.25) is 19.1 Å². The van der Waals surface area contributed by atoms with Gasteiger partial charge in [0, 0.05) is 50.6 Å². The van der Waals surface area contributed by atoms with Crippen LogP contribution in [0.15, 0.2) is 41.8 Å². The quantitative estimate of drug-likeness (QED) is 0.386. The first-order valence-corrected chi connectivity index (χ1v) is 16.4. The fourth-order valence-electron chi connectivity index (χ4n) is 6.86. The summed E-state index contributed by atoms with van der Waals surface area (Å²) in [5.41, 5.74) is 3.29. The van der Waals surface area contributed by atoms with Crippen LogP contribution in [0, 0.1) is 18.8 Å². The fourth-order valence-corrected chi connectivity index (χ4v) is 7.86. The van der Waals surface area contributed by atoms with E-state index in [2.05, 4.69) is 55.5 Å². The van der Waals surface area contributed by atoms with E-state index in [1.54, 1.807) is 16.6 Å². The van der Waals surface area contributed by atoms with Gasteiger partial charge in [0.15, 0.2) is 5.78 Å². The highest BCUT2D eigenvalue weighted by atomic mass is 35.5. The van der Waals surface area contributed by atoms with Gasteiger partial charge in [0.05, 0.1) is 22.5 Å². The average Bonchev–Trinajstić information content (AvgIpc) is 3.48. The van der Waals surface area contributed by atoms with Crippen LogP contribution in [0.1, 0.15) is 77.6 Å². The first kappa shape index (κ1) is 30.0. The van der Waals surface area contributed by atoms with Crippen LogP contribution in [0.4, 0.5) is 0 Å². The lowest BCUT2D eigenvalue weighted by Crippen LogP contribution is -2.55. The molecule has 10 heteroatoms. The van der Waals surface area contributed by atoms with Crippen molar-refractivity contribution in [1.82, 2.24) is 24.9 Å². The number of amides is 2. The van der Waals surface area contributed by atoms with E-state index in [9.17, 15) is 14.4 Å². The molecule has 1 aromatic carbocycles. The fraction of sp³-hybridized carbons (Fsp3) is 0.515. The summed E-state index contributed by atoms with van der Waals surface area (Å²) in [5.74, 6) is -1.70. The number of aromatic nitrogens is 2. The van der Waals surface area contributed by atoms with Crippen LogP contribution in [0.25, 0.3) is 0 Å². The molecule has 4 unspecified atom stereocenters. The number of likely N-dealkylation sites (tertiary alicyclic amines) is 1. The van der Waals surface area contributed by atoms with E-state index < -0.39 is 23.9 Å². The van der Waals surface area contributed by atoms with Crippen molar-refractivity contribution >= 4 is 40.5 Å². The Morgan fingerprint density at radius 3 is 2.23 bits per heavy atom. The van der Waals surface area contributed by atoms with Crippen molar-refractivity contribution < 1.29 is 14.4 Å². The number of carbonyl (C=O) groups excluding carboxylic acids is 3. The topological polar surface area (TPSA) is 87.5 Å². The molecule has 0 radical (unpaired) electrons. The highest BCUT2D eigenvalue weighted by molar-refractivity contribution is 7.12. The van der Waals surface area contributed by atoms with E-state index in [0.717, 1.165) is 24.0 Å². The number of ketones is 1. The van der Waals surface area contributed by atoms with Crippen molar-refractivity contribution in [3.63, 3.8) is 0 Å². The second-order valence-electron chi connectivity index (χ2n) is 13.2. The lowest BCUT2D eigenvalue weighted by atomic mass is 9.76. The lowest BCUT2D eigenvalue weighted by Gasteiger charge is -2.36. The first-order valence-electron chi connectivity index (χ1n) is 15.2. The van der Waals surface area contributed by atoms with Crippen LogP contribution in [-0.4, -0.2) is 69.4 Å². The number of benzene rings is 1. The number of hydrogen-bond donors (Lipinski definition) is 1. The minimum Gasteiger partial charge on any atom is -0.338 e. The van der Waals surface area contributed by atoms with Gasteiger partial charge >= 0.3 is 0 Å². The number of piperazine rings is 1. The lowest BCUT2D eigenvalue weighted by molar-refractivity contribution is -0.147. The maximum Gasteiger partial charge on any atom is 0.246 e. The van der Waals surface area contributed by atoms with Crippen molar-refractivity contribution in [3.8, 4) is 0 Å². The van der Waals surface area contributed by atoms with E-state index in [-0.39, 0.29) is 28.9 Å². The minimum atomic E-state index is -0.846. The maximum absolute atomic E-state index is 14.7. The Bertz CT molecular complexity index is 1520. The molecular formula is C33H40ClN5O3S. The molecule has 6 rings (SSSR count). The van der Waals surface area contributed by atoms with Gasteiger partial charge in [-0.05, 0) is 47.8 Å². The third-order valence-electron chi connectivity index (χ3n) is 9.25. The third kappa shape index (κ3) is 5.44. The predicted octanol–water partition coefficient (Wildman–Crippen LogP) is 5.12. The summed E-state index contributed by atoms with van der Waals surface area (Å²) >= 11 is 8.33. The molecule has 0 spiro atoms. The standard InChI is InChI=1S/C33H40ClN5O3S/c1-19-24(30(34)37(5)36-19)27-26(29(40)23-7-6-18-43-23)25(20-10-12-22(13-11-20)33(2,3)4)28(39(27)31(41)21-8-9-21)32(42)38-16-14-35-15-17-38/h6-7,10-13,18,21,25-28,35H,8-9,14-17H2,1-5H3. The van der Waals surface area contributed by atoms with Crippen molar-refractivity contribution in [2.75, 3.05) is 26.2 Å². The molecule has 228 valence electrons. The number of carbonyl (C=O) groups is 3. The molecule has 2 aromatic heterocycles. The summed E-state index contributed by atoms with van der Waals surface area (Å²) in [7, 11) is 1.77. The molecule has 1 saturated carbocycles. The van der Waals surface area contributed by atoms with Gasteiger partial charge in [0.1, 0.15) is 11.2 Å². The Hall–Kier alpha value is -3.01. The molecule has 4 heterocycles. The molecule has 2 amide bonds. The Labute approximate surface area is 262 Å². The molecule has 3 aliphatic rings. The molecule has 2 aliphatic heterocycles. The van der Waals surface area contributed by atoms with Crippen molar-refractivity contribution in [2.24, 2.45) is 18.9 Å². The van der Waals surface area contributed by atoms with E-state index >= 15 is 0 Å². The van der Waals surface area contributed by atoms with E-state index in [1.165, 1.54) is 11.3 Å². The zero-order valence-corrected chi connectivity index (χ0v) is 27.0. The van der Waals surface area contributed by atoms with E-state index in [0.29, 0.717) is 47.5 Å². The van der Waals surface area contributed by atoms with Gasteiger partial charge in [-0.15, -0.1) is 11.3 Å². The number of rotatable bonds is 6. The van der Waals surface area contributed by atoms with Crippen LogP contribution < -0.4 is 5.32 Å². The van der Waals surface area contributed by atoms with E-state index in [4.69, 9.17) is 11.6 Å². The smallest absolute Gasteiger partial charge is 0.246 e. The number of halogens is 1. The van der Waals surface area contributed by atoms with Crippen LogP contribution >= 0.6 is 22.9 Å². The minimum absolute atomic E-state index is 0.0622. The zero-order chi connectivity index (χ0) is 30.6. The summed E-state index contributed by atoms with van der Waals surface area (Å²) in [6, 6.07) is 10.4. The number of Topliss-reactive ketones (excluding diaryl/α,β-unsaturated/α-hetero) is 1. The van der Waals surface area contributed by atoms with Crippen molar-refractivity contribution in [3.05, 3.63) is 74.2 Å². The Morgan fingerprint density at radius 2 is 1.70 bits per heavy atom. The number of aryl methyl sites for hydroxylation is 2. The summed E-state index contributed by atoms with van der Waals surface area (Å²) < 4.78 is 1.59. The number of nitrogens with zero attached hydrogens (tertiary/aromatic N) is 4. The molecule has 4 atom stereocenters. The maximum atomic E-state index is 14.7. The normalized spacial score (nSPS) is 24.4. The highest BCUT2D eigenvalue weighted by Gasteiger charge is 2.60. The summed E-state index contributed by atoms with van der Waals surface area (Å²) in [4.78, 5) is 48.0. The Kier molecular flexibility index (Phi) is 8.02. The van der Waals surface area contributed by atoms with Crippen LogP contribution in [0.2, 0.25) is 5.15 Å². The summed E-state index contributed by atoms with van der Waals surface area (Å²) in [6.07, 6.45) is 1.57. The third-order valence-corrected chi connectivity index (χ3v) is 10.6. The second-order valence-corrected chi connectivity index (χ2v) is 14.5. The molecule has 1 aliphatic carbocycles. The van der Waals surface area contributed by atoms with Crippen molar-refractivity contribution in [2.45, 2.75) is 64.0 Å². The van der Waals surface area contributed by atoms with Crippen LogP contribution in [0.3, 0.4) is 0 Å². The monoisotopic (exact) mass is 621 g/mol. The van der Waals surface area contributed by atoms with Crippen LogP contribution in [0.5, 0.6) is 0 Å². The zero-order valence-electron chi connectivity index (χ0n) is 25.5. The molecule has 1 N–H and O–H groups in total. The molecule has 43 heavy (non-hydrogen) atoms. The first-order chi connectivity index (χ1) is 20.5. The second kappa shape index (κ2) is 11.5. The van der Waals surface area contributed by atoms with Crippen molar-refractivity contribution in [1.29, 1.82) is 0 Å².